The van der Waals surface area contributed by atoms with Crippen molar-refractivity contribution in [2.45, 2.75) is 19.4 Å². The highest BCUT2D eigenvalue weighted by Crippen LogP contribution is 2.17. The summed E-state index contributed by atoms with van der Waals surface area (Å²) < 4.78 is 6.47. The van der Waals surface area contributed by atoms with E-state index in [2.05, 4.69) is 37.9 Å². The fraction of sp³-hybridized carbons (Fsp3) is 0.150. The third-order valence-corrected chi connectivity index (χ3v) is 4.64. The zero-order chi connectivity index (χ0) is 19.2. The summed E-state index contributed by atoms with van der Waals surface area (Å²) in [6.45, 7) is 1.80. The summed E-state index contributed by atoms with van der Waals surface area (Å²) in [6.07, 6.45) is 2.92. The number of aromatic amines is 1. The molecule has 3 aromatic rings. The van der Waals surface area contributed by atoms with E-state index in [1.54, 1.807) is 43.6 Å². The molecule has 0 spiro atoms. The lowest BCUT2D eigenvalue weighted by atomic mass is 10.1. The molecule has 0 saturated heterocycles. The van der Waals surface area contributed by atoms with Gasteiger partial charge in [0.2, 0.25) is 0 Å². The Morgan fingerprint density at radius 2 is 1.85 bits per heavy atom. The lowest BCUT2D eigenvalue weighted by Gasteiger charge is -2.16. The van der Waals surface area contributed by atoms with Crippen LogP contribution in [0.3, 0.4) is 0 Å². The van der Waals surface area contributed by atoms with Crippen LogP contribution in [0.15, 0.2) is 60.9 Å². The van der Waals surface area contributed by atoms with Crippen LogP contribution in [0, 0.1) is 3.57 Å². The molecule has 6 nitrogen and oxygen atoms in total. The van der Waals surface area contributed by atoms with Gasteiger partial charge in [0.25, 0.3) is 5.91 Å². The number of hydrogen-bond acceptors (Lipinski definition) is 4. The number of H-pyrrole nitrogens is 1. The van der Waals surface area contributed by atoms with Crippen LogP contribution < -0.4 is 5.32 Å². The molecule has 0 saturated carbocycles. The molecule has 3 rings (SSSR count). The summed E-state index contributed by atoms with van der Waals surface area (Å²) in [4.78, 5) is 32.0. The number of rotatable bonds is 6. The molecular weight excluding hydrogens is 457 g/mol. The molecule has 2 aromatic carbocycles. The zero-order valence-electron chi connectivity index (χ0n) is 14.6. The number of anilines is 1. The van der Waals surface area contributed by atoms with E-state index < -0.39 is 12.1 Å². The number of carbonyl (C=O) groups excluding carboxylic acids is 2. The number of halogens is 1. The minimum atomic E-state index is -0.860. The Hall–Kier alpha value is -2.68. The largest absolute Gasteiger partial charge is 0.449 e. The second-order valence-electron chi connectivity index (χ2n) is 5.81. The number of amides is 1. The molecule has 1 unspecified atom stereocenters. The van der Waals surface area contributed by atoms with E-state index >= 15 is 0 Å². The van der Waals surface area contributed by atoms with E-state index in [1.807, 2.05) is 24.3 Å². The van der Waals surface area contributed by atoms with Crippen LogP contribution in [0.1, 0.15) is 23.7 Å². The molecule has 0 fully saturated rings. The molecule has 0 radical (unpaired) electrons. The Labute approximate surface area is 170 Å². The van der Waals surface area contributed by atoms with Gasteiger partial charge >= 0.3 is 5.97 Å². The van der Waals surface area contributed by atoms with Crippen LogP contribution >= 0.6 is 22.6 Å². The van der Waals surface area contributed by atoms with Crippen LogP contribution in [-0.2, 0) is 9.53 Å². The van der Waals surface area contributed by atoms with E-state index in [4.69, 9.17) is 4.74 Å². The number of hydrogen-bond donors (Lipinski definition) is 2. The molecule has 0 bridgehead atoms. The molecule has 0 aliphatic carbocycles. The molecule has 0 aliphatic rings. The van der Waals surface area contributed by atoms with Crippen molar-refractivity contribution >= 4 is 40.2 Å². The minimum Gasteiger partial charge on any atom is -0.449 e. The van der Waals surface area contributed by atoms with Gasteiger partial charge in [-0.3, -0.25) is 4.79 Å². The molecule has 1 aromatic heterocycles. The average Bonchev–Trinajstić information content (AvgIpc) is 3.22. The highest BCUT2D eigenvalue weighted by Gasteiger charge is 2.22. The van der Waals surface area contributed by atoms with Gasteiger partial charge < -0.3 is 15.0 Å². The van der Waals surface area contributed by atoms with Gasteiger partial charge in [0, 0.05) is 27.2 Å². The summed E-state index contributed by atoms with van der Waals surface area (Å²) in [7, 11) is 0. The van der Waals surface area contributed by atoms with Crippen molar-refractivity contribution in [2.75, 3.05) is 5.32 Å². The van der Waals surface area contributed by atoms with Crippen LogP contribution in [-0.4, -0.2) is 27.9 Å². The monoisotopic (exact) mass is 475 g/mol. The van der Waals surface area contributed by atoms with Gasteiger partial charge in [-0.25, -0.2) is 9.78 Å². The molecular formula is C20H18IN3O3. The quantitative estimate of drug-likeness (QED) is 0.413. The van der Waals surface area contributed by atoms with Crippen molar-refractivity contribution in [3.05, 3.63) is 70.1 Å². The van der Waals surface area contributed by atoms with E-state index in [0.29, 0.717) is 17.7 Å². The molecule has 1 atom stereocenters. The third-order valence-electron chi connectivity index (χ3n) is 3.92. The molecule has 7 heteroatoms. The van der Waals surface area contributed by atoms with Crippen LogP contribution in [0.2, 0.25) is 0 Å². The molecule has 2 N–H and O–H groups in total. The second kappa shape index (κ2) is 8.81. The van der Waals surface area contributed by atoms with E-state index in [-0.39, 0.29) is 5.91 Å². The first-order valence-electron chi connectivity index (χ1n) is 8.44. The number of ether oxygens (including phenoxy) is 1. The maximum absolute atomic E-state index is 12.4. The summed E-state index contributed by atoms with van der Waals surface area (Å²) in [5, 5.41) is 2.77. The van der Waals surface area contributed by atoms with Crippen molar-refractivity contribution in [1.82, 2.24) is 9.97 Å². The van der Waals surface area contributed by atoms with Crippen LogP contribution in [0.4, 0.5) is 5.69 Å². The van der Waals surface area contributed by atoms with Crippen molar-refractivity contribution in [1.29, 1.82) is 0 Å². The van der Waals surface area contributed by atoms with Crippen molar-refractivity contribution in [3.8, 4) is 11.4 Å². The third kappa shape index (κ3) is 4.94. The fourth-order valence-electron chi connectivity index (χ4n) is 2.46. The fourth-order valence-corrected chi connectivity index (χ4v) is 2.82. The maximum Gasteiger partial charge on any atom is 0.338 e. The Kier molecular flexibility index (Phi) is 6.23. The Morgan fingerprint density at radius 3 is 2.44 bits per heavy atom. The van der Waals surface area contributed by atoms with Gasteiger partial charge in [0.1, 0.15) is 5.82 Å². The smallest absolute Gasteiger partial charge is 0.338 e. The normalized spacial score (nSPS) is 11.6. The Balaban J connectivity index is 1.63. The SMILES string of the molecule is CCC(OC(=O)c1ccc(-c2ncc[nH]2)cc1)C(=O)Nc1ccc(I)cc1. The van der Waals surface area contributed by atoms with E-state index in [9.17, 15) is 9.59 Å². The van der Waals surface area contributed by atoms with Gasteiger partial charge in [0.05, 0.1) is 5.56 Å². The number of nitrogens with one attached hydrogen (secondary N) is 2. The van der Waals surface area contributed by atoms with E-state index in [0.717, 1.165) is 15.0 Å². The first kappa shape index (κ1) is 19.1. The lowest BCUT2D eigenvalue weighted by Crippen LogP contribution is -2.32. The summed E-state index contributed by atoms with van der Waals surface area (Å²) in [5.74, 6) is -0.164. The second-order valence-corrected chi connectivity index (χ2v) is 7.06. The first-order chi connectivity index (χ1) is 13.1. The van der Waals surface area contributed by atoms with Gasteiger partial charge in [0.15, 0.2) is 6.10 Å². The van der Waals surface area contributed by atoms with Crippen molar-refractivity contribution < 1.29 is 14.3 Å². The molecule has 27 heavy (non-hydrogen) atoms. The highest BCUT2D eigenvalue weighted by molar-refractivity contribution is 14.1. The molecule has 1 heterocycles. The van der Waals surface area contributed by atoms with E-state index in [1.165, 1.54) is 0 Å². The standard InChI is InChI=1S/C20H18IN3O3/c1-2-17(19(25)24-16-9-7-15(21)8-10-16)27-20(26)14-5-3-13(4-6-14)18-22-11-12-23-18/h3-12,17H,2H2,1H3,(H,22,23)(H,24,25). The van der Waals surface area contributed by atoms with Crippen molar-refractivity contribution in [3.63, 3.8) is 0 Å². The predicted molar refractivity (Wildman–Crippen MR) is 111 cm³/mol. The molecule has 138 valence electrons. The zero-order valence-corrected chi connectivity index (χ0v) is 16.8. The summed E-state index contributed by atoms with van der Waals surface area (Å²) in [5.41, 5.74) is 1.91. The Morgan fingerprint density at radius 1 is 1.15 bits per heavy atom. The number of nitrogens with zero attached hydrogens (tertiary/aromatic N) is 1. The van der Waals surface area contributed by atoms with Crippen molar-refractivity contribution in [2.24, 2.45) is 0 Å². The topological polar surface area (TPSA) is 84.1 Å². The predicted octanol–water partition coefficient (Wildman–Crippen LogP) is 4.26. The number of benzene rings is 2. The summed E-state index contributed by atoms with van der Waals surface area (Å²) >= 11 is 2.19. The minimum absolute atomic E-state index is 0.348. The van der Waals surface area contributed by atoms with Gasteiger partial charge in [-0.15, -0.1) is 0 Å². The first-order valence-corrected chi connectivity index (χ1v) is 9.52. The van der Waals surface area contributed by atoms with Crippen LogP contribution in [0.25, 0.3) is 11.4 Å². The number of aromatic nitrogens is 2. The number of imidazole rings is 1. The van der Waals surface area contributed by atoms with Gasteiger partial charge in [-0.1, -0.05) is 19.1 Å². The number of carbonyl (C=O) groups is 2. The number of esters is 1. The molecule has 1 amide bonds. The molecule has 0 aliphatic heterocycles. The Bertz CT molecular complexity index is 907. The maximum atomic E-state index is 12.4. The van der Waals surface area contributed by atoms with Gasteiger partial charge in [-0.2, -0.15) is 0 Å². The van der Waals surface area contributed by atoms with Gasteiger partial charge in [-0.05, 0) is 65.4 Å². The lowest BCUT2D eigenvalue weighted by molar-refractivity contribution is -0.124. The highest BCUT2D eigenvalue weighted by atomic mass is 127. The average molecular weight is 475 g/mol. The van der Waals surface area contributed by atoms with Crippen LogP contribution in [0.5, 0.6) is 0 Å². The summed E-state index contributed by atoms with van der Waals surface area (Å²) in [6, 6.07) is 14.3.